The lowest BCUT2D eigenvalue weighted by atomic mass is 10.1. The van der Waals surface area contributed by atoms with Crippen molar-refractivity contribution < 1.29 is 13.3 Å². The highest BCUT2D eigenvalue weighted by Crippen LogP contribution is 2.22. The van der Waals surface area contributed by atoms with Gasteiger partial charge in [0, 0.05) is 12.1 Å². The van der Waals surface area contributed by atoms with Gasteiger partial charge in [0.15, 0.2) is 17.4 Å². The van der Waals surface area contributed by atoms with Crippen molar-refractivity contribution in [2.45, 2.75) is 26.4 Å². The Morgan fingerprint density at radius 1 is 1.26 bits per heavy atom. The van der Waals surface area contributed by atoms with Crippen molar-refractivity contribution in [2.24, 2.45) is 0 Å². The number of aromatic nitrogens is 1. The fraction of sp³-hybridized carbons (Fsp3) is 0.357. The van der Waals surface area contributed by atoms with Gasteiger partial charge in [-0.2, -0.15) is 0 Å². The number of benzene rings is 1. The van der Waals surface area contributed by atoms with Gasteiger partial charge < -0.3 is 4.52 Å². The lowest BCUT2D eigenvalue weighted by Crippen LogP contribution is -2.21. The molecule has 0 aliphatic carbocycles. The van der Waals surface area contributed by atoms with E-state index in [0.29, 0.717) is 6.54 Å². The Morgan fingerprint density at radius 2 is 2.00 bits per heavy atom. The van der Waals surface area contributed by atoms with Crippen LogP contribution in [0.15, 0.2) is 28.8 Å². The average molecular weight is 266 g/mol. The molecule has 5 heteroatoms. The van der Waals surface area contributed by atoms with Crippen LogP contribution in [0.3, 0.4) is 0 Å². The van der Waals surface area contributed by atoms with Crippen molar-refractivity contribution in [3.05, 3.63) is 52.9 Å². The molecule has 0 spiro atoms. The fourth-order valence-corrected chi connectivity index (χ4v) is 1.90. The number of aryl methyl sites for hydroxylation is 1. The Bertz CT molecular complexity index is 568. The van der Waals surface area contributed by atoms with Gasteiger partial charge in [0.05, 0.1) is 12.2 Å². The van der Waals surface area contributed by atoms with Gasteiger partial charge >= 0.3 is 0 Å². The first-order valence-electron chi connectivity index (χ1n) is 6.04. The molecule has 0 saturated heterocycles. The molecular formula is C14H16F2N2O. The first-order valence-corrected chi connectivity index (χ1v) is 6.04. The zero-order chi connectivity index (χ0) is 14.0. The molecular weight excluding hydrogens is 250 g/mol. The minimum Gasteiger partial charge on any atom is -0.360 e. The van der Waals surface area contributed by atoms with Crippen LogP contribution < -0.4 is 0 Å². The summed E-state index contributed by atoms with van der Waals surface area (Å²) in [4.78, 5) is 1.98. The first-order chi connectivity index (χ1) is 8.97. The summed E-state index contributed by atoms with van der Waals surface area (Å²) in [6.45, 7) is 4.34. The summed E-state index contributed by atoms with van der Waals surface area (Å²) in [5.41, 5.74) is 1.54. The van der Waals surface area contributed by atoms with E-state index in [4.69, 9.17) is 4.52 Å². The number of nitrogens with zero attached hydrogens (tertiary/aromatic N) is 2. The van der Waals surface area contributed by atoms with Crippen LogP contribution in [0.1, 0.15) is 30.0 Å². The summed E-state index contributed by atoms with van der Waals surface area (Å²) in [6, 6.07) is 5.76. The lowest BCUT2D eigenvalue weighted by molar-refractivity contribution is 0.220. The van der Waals surface area contributed by atoms with E-state index in [1.54, 1.807) is 6.07 Å². The van der Waals surface area contributed by atoms with Crippen LogP contribution in [-0.2, 0) is 6.54 Å². The van der Waals surface area contributed by atoms with Crippen LogP contribution in [0.25, 0.3) is 0 Å². The Kier molecular flexibility index (Phi) is 3.95. The SMILES string of the molecule is Cc1cc(CN(C)[C@H](C)c2ccc(F)c(F)c2)on1. The van der Waals surface area contributed by atoms with Crippen molar-refractivity contribution in [1.29, 1.82) is 0 Å². The highest BCUT2D eigenvalue weighted by molar-refractivity contribution is 5.21. The largest absolute Gasteiger partial charge is 0.360 e. The monoisotopic (exact) mass is 266 g/mol. The second kappa shape index (κ2) is 5.48. The van der Waals surface area contributed by atoms with Crippen LogP contribution in [0.4, 0.5) is 8.78 Å². The molecule has 102 valence electrons. The van der Waals surface area contributed by atoms with Gasteiger partial charge in [0.2, 0.25) is 0 Å². The topological polar surface area (TPSA) is 29.3 Å². The van der Waals surface area contributed by atoms with E-state index < -0.39 is 11.6 Å². The molecule has 0 radical (unpaired) electrons. The van der Waals surface area contributed by atoms with Crippen molar-refractivity contribution in [3.63, 3.8) is 0 Å². The van der Waals surface area contributed by atoms with Crippen LogP contribution >= 0.6 is 0 Å². The molecule has 19 heavy (non-hydrogen) atoms. The zero-order valence-electron chi connectivity index (χ0n) is 11.2. The molecule has 1 aromatic heterocycles. The summed E-state index contributed by atoms with van der Waals surface area (Å²) in [5.74, 6) is -0.910. The van der Waals surface area contributed by atoms with Crippen molar-refractivity contribution >= 4 is 0 Å². The van der Waals surface area contributed by atoms with E-state index in [9.17, 15) is 8.78 Å². The maximum atomic E-state index is 13.2. The first kappa shape index (κ1) is 13.7. The van der Waals surface area contributed by atoms with Gasteiger partial charge in [0.25, 0.3) is 0 Å². The molecule has 1 aromatic carbocycles. The average Bonchev–Trinajstić information content (AvgIpc) is 2.77. The second-order valence-corrected chi connectivity index (χ2v) is 4.70. The molecule has 2 aromatic rings. The highest BCUT2D eigenvalue weighted by atomic mass is 19.2. The van der Waals surface area contributed by atoms with Crippen molar-refractivity contribution in [3.8, 4) is 0 Å². The molecule has 0 aliphatic heterocycles. The van der Waals surface area contributed by atoms with Crippen molar-refractivity contribution in [2.75, 3.05) is 7.05 Å². The van der Waals surface area contributed by atoms with Gasteiger partial charge in [0.1, 0.15) is 0 Å². The van der Waals surface area contributed by atoms with E-state index in [-0.39, 0.29) is 6.04 Å². The molecule has 0 aliphatic rings. The number of hydrogen-bond acceptors (Lipinski definition) is 3. The minimum absolute atomic E-state index is 0.0551. The Labute approximate surface area is 110 Å². The van der Waals surface area contributed by atoms with Crippen LogP contribution in [-0.4, -0.2) is 17.1 Å². The van der Waals surface area contributed by atoms with Gasteiger partial charge in [-0.25, -0.2) is 8.78 Å². The third-order valence-electron chi connectivity index (χ3n) is 3.17. The molecule has 0 unspecified atom stereocenters. The molecule has 1 heterocycles. The number of rotatable bonds is 4. The molecule has 1 atom stereocenters. The Hall–Kier alpha value is -1.75. The summed E-state index contributed by atoms with van der Waals surface area (Å²) >= 11 is 0. The third kappa shape index (κ3) is 3.17. The number of halogens is 2. The fourth-order valence-electron chi connectivity index (χ4n) is 1.90. The molecule has 2 rings (SSSR count). The molecule has 0 fully saturated rings. The predicted molar refractivity (Wildman–Crippen MR) is 67.5 cm³/mol. The molecule has 0 amide bonds. The van der Waals surface area contributed by atoms with Crippen LogP contribution in [0.2, 0.25) is 0 Å². The van der Waals surface area contributed by atoms with Gasteiger partial charge in [-0.1, -0.05) is 11.2 Å². The van der Waals surface area contributed by atoms with E-state index >= 15 is 0 Å². The van der Waals surface area contributed by atoms with Crippen molar-refractivity contribution in [1.82, 2.24) is 10.1 Å². The van der Waals surface area contributed by atoms with Gasteiger partial charge in [-0.15, -0.1) is 0 Å². The quantitative estimate of drug-likeness (QED) is 0.848. The molecule has 3 nitrogen and oxygen atoms in total. The summed E-state index contributed by atoms with van der Waals surface area (Å²) in [6.07, 6.45) is 0. The normalized spacial score (nSPS) is 12.9. The van der Waals surface area contributed by atoms with E-state index in [2.05, 4.69) is 5.16 Å². The smallest absolute Gasteiger partial charge is 0.159 e. The van der Waals surface area contributed by atoms with E-state index in [1.165, 1.54) is 6.07 Å². The van der Waals surface area contributed by atoms with E-state index in [0.717, 1.165) is 23.1 Å². The third-order valence-corrected chi connectivity index (χ3v) is 3.17. The summed E-state index contributed by atoms with van der Waals surface area (Å²) in [7, 11) is 1.89. The molecule has 0 bridgehead atoms. The number of hydrogen-bond donors (Lipinski definition) is 0. The maximum absolute atomic E-state index is 13.2. The van der Waals surface area contributed by atoms with Crippen LogP contribution in [0, 0.1) is 18.6 Å². The van der Waals surface area contributed by atoms with Gasteiger partial charge in [-0.05, 0) is 38.6 Å². The second-order valence-electron chi connectivity index (χ2n) is 4.70. The summed E-state index contributed by atoms with van der Waals surface area (Å²) in [5, 5.41) is 3.82. The predicted octanol–water partition coefficient (Wildman–Crippen LogP) is 3.45. The Morgan fingerprint density at radius 3 is 2.58 bits per heavy atom. The molecule has 0 N–H and O–H groups in total. The summed E-state index contributed by atoms with van der Waals surface area (Å²) < 4.78 is 31.3. The highest BCUT2D eigenvalue weighted by Gasteiger charge is 2.15. The maximum Gasteiger partial charge on any atom is 0.159 e. The standard InChI is InChI=1S/C14H16F2N2O/c1-9-6-12(19-17-9)8-18(3)10(2)11-4-5-13(15)14(16)7-11/h4-7,10H,8H2,1-3H3/t10-/m1/s1. The minimum atomic E-state index is -0.829. The van der Waals surface area contributed by atoms with Gasteiger partial charge in [-0.3, -0.25) is 4.90 Å². The lowest BCUT2D eigenvalue weighted by Gasteiger charge is -2.23. The van der Waals surface area contributed by atoms with Crippen LogP contribution in [0.5, 0.6) is 0 Å². The van der Waals surface area contributed by atoms with E-state index in [1.807, 2.05) is 31.9 Å². The molecule has 0 saturated carbocycles. The Balaban J connectivity index is 2.09. The zero-order valence-corrected chi connectivity index (χ0v) is 11.2.